The summed E-state index contributed by atoms with van der Waals surface area (Å²) in [6.07, 6.45) is 3.59. The summed E-state index contributed by atoms with van der Waals surface area (Å²) in [5.41, 5.74) is 2.43. The van der Waals surface area contributed by atoms with Gasteiger partial charge < -0.3 is 0 Å². The largest absolute Gasteiger partial charge is 0.257 e. The first kappa shape index (κ1) is 9.66. The summed E-state index contributed by atoms with van der Waals surface area (Å²) < 4.78 is 1.34. The van der Waals surface area contributed by atoms with E-state index in [2.05, 4.69) is 36.3 Å². The SMILES string of the molecule is CCCCc1cc2ccsc2c(C)n1. The van der Waals surface area contributed by atoms with E-state index < -0.39 is 0 Å². The highest BCUT2D eigenvalue weighted by Gasteiger charge is 2.02. The van der Waals surface area contributed by atoms with Gasteiger partial charge in [-0.3, -0.25) is 4.98 Å². The summed E-state index contributed by atoms with van der Waals surface area (Å²) in [5.74, 6) is 0. The van der Waals surface area contributed by atoms with Crippen LogP contribution in [0.25, 0.3) is 10.1 Å². The lowest BCUT2D eigenvalue weighted by Crippen LogP contribution is -1.92. The number of nitrogens with zero attached hydrogens (tertiary/aromatic N) is 1. The van der Waals surface area contributed by atoms with E-state index in [0.717, 1.165) is 6.42 Å². The average molecular weight is 205 g/mol. The second-order valence-electron chi connectivity index (χ2n) is 3.64. The summed E-state index contributed by atoms with van der Waals surface area (Å²) >= 11 is 1.78. The van der Waals surface area contributed by atoms with Crippen molar-refractivity contribution in [2.24, 2.45) is 0 Å². The third-order valence-electron chi connectivity index (χ3n) is 2.44. The predicted octanol–water partition coefficient (Wildman–Crippen LogP) is 3.95. The number of hydrogen-bond donors (Lipinski definition) is 0. The first-order valence-electron chi connectivity index (χ1n) is 5.15. The van der Waals surface area contributed by atoms with Gasteiger partial charge in [-0.05, 0) is 42.7 Å². The molecule has 0 saturated heterocycles. The normalized spacial score (nSPS) is 11.0. The van der Waals surface area contributed by atoms with Crippen LogP contribution >= 0.6 is 11.3 Å². The molecule has 0 amide bonds. The van der Waals surface area contributed by atoms with E-state index in [0.29, 0.717) is 0 Å². The van der Waals surface area contributed by atoms with Crippen molar-refractivity contribution in [2.45, 2.75) is 33.1 Å². The summed E-state index contributed by atoms with van der Waals surface area (Å²) in [6.45, 7) is 4.32. The molecule has 2 rings (SSSR count). The van der Waals surface area contributed by atoms with Crippen LogP contribution in [0.1, 0.15) is 31.2 Å². The van der Waals surface area contributed by atoms with E-state index >= 15 is 0 Å². The summed E-state index contributed by atoms with van der Waals surface area (Å²) in [7, 11) is 0. The standard InChI is InChI=1S/C12H15NS/c1-3-4-5-11-8-10-6-7-14-12(10)9(2)13-11/h6-8H,3-5H2,1-2H3. The Morgan fingerprint density at radius 3 is 3.07 bits per heavy atom. The zero-order chi connectivity index (χ0) is 9.97. The van der Waals surface area contributed by atoms with Gasteiger partial charge in [0.25, 0.3) is 0 Å². The molecule has 74 valence electrons. The summed E-state index contributed by atoms with van der Waals surface area (Å²) in [4.78, 5) is 4.62. The molecule has 2 aromatic rings. The van der Waals surface area contributed by atoms with Gasteiger partial charge in [-0.15, -0.1) is 11.3 Å². The Balaban J connectivity index is 2.38. The molecule has 0 unspecified atom stereocenters. The van der Waals surface area contributed by atoms with Crippen molar-refractivity contribution in [3.05, 3.63) is 28.9 Å². The van der Waals surface area contributed by atoms with Gasteiger partial charge in [-0.1, -0.05) is 13.3 Å². The zero-order valence-corrected chi connectivity index (χ0v) is 9.53. The predicted molar refractivity (Wildman–Crippen MR) is 63.0 cm³/mol. The van der Waals surface area contributed by atoms with Gasteiger partial charge in [0.2, 0.25) is 0 Å². The Morgan fingerprint density at radius 1 is 1.43 bits per heavy atom. The molecular formula is C12H15NS. The Morgan fingerprint density at radius 2 is 2.29 bits per heavy atom. The Kier molecular flexibility index (Phi) is 2.82. The third-order valence-corrected chi connectivity index (χ3v) is 3.48. The van der Waals surface area contributed by atoms with Crippen LogP contribution in [0.5, 0.6) is 0 Å². The minimum absolute atomic E-state index is 1.11. The molecule has 2 aromatic heterocycles. The Hall–Kier alpha value is -0.890. The first-order chi connectivity index (χ1) is 6.81. The van der Waals surface area contributed by atoms with Gasteiger partial charge in [-0.2, -0.15) is 0 Å². The molecule has 0 atom stereocenters. The van der Waals surface area contributed by atoms with Crippen molar-refractivity contribution >= 4 is 21.4 Å². The maximum atomic E-state index is 4.62. The number of hydrogen-bond acceptors (Lipinski definition) is 2. The maximum absolute atomic E-state index is 4.62. The lowest BCUT2D eigenvalue weighted by Gasteiger charge is -2.02. The van der Waals surface area contributed by atoms with Crippen LogP contribution in [0.4, 0.5) is 0 Å². The summed E-state index contributed by atoms with van der Waals surface area (Å²) in [6, 6.07) is 4.42. The lowest BCUT2D eigenvalue weighted by molar-refractivity contribution is 0.776. The van der Waals surface area contributed by atoms with Crippen LogP contribution in [0.2, 0.25) is 0 Å². The molecule has 0 spiro atoms. The monoisotopic (exact) mass is 205 g/mol. The highest BCUT2D eigenvalue weighted by molar-refractivity contribution is 7.17. The minimum atomic E-state index is 1.11. The van der Waals surface area contributed by atoms with Gasteiger partial charge in [-0.25, -0.2) is 0 Å². The number of thiophene rings is 1. The van der Waals surface area contributed by atoms with Crippen molar-refractivity contribution in [3.8, 4) is 0 Å². The molecule has 14 heavy (non-hydrogen) atoms. The molecule has 0 aromatic carbocycles. The van der Waals surface area contributed by atoms with Gasteiger partial charge >= 0.3 is 0 Å². The highest BCUT2D eigenvalue weighted by Crippen LogP contribution is 2.24. The fraction of sp³-hybridized carbons (Fsp3) is 0.417. The van der Waals surface area contributed by atoms with Gasteiger partial charge in [0.15, 0.2) is 0 Å². The molecule has 2 heterocycles. The number of unbranched alkanes of at least 4 members (excludes halogenated alkanes) is 1. The highest BCUT2D eigenvalue weighted by atomic mass is 32.1. The van der Waals surface area contributed by atoms with Crippen LogP contribution < -0.4 is 0 Å². The zero-order valence-electron chi connectivity index (χ0n) is 8.71. The number of rotatable bonds is 3. The van der Waals surface area contributed by atoms with Gasteiger partial charge in [0.05, 0.1) is 10.4 Å². The Bertz CT molecular complexity index is 431. The molecule has 1 nitrogen and oxygen atoms in total. The Labute approximate surface area is 88.8 Å². The smallest absolute Gasteiger partial charge is 0.0555 e. The van der Waals surface area contributed by atoms with Crippen LogP contribution in [0, 0.1) is 6.92 Å². The first-order valence-corrected chi connectivity index (χ1v) is 6.03. The molecule has 0 N–H and O–H groups in total. The molecule has 2 heteroatoms. The molecule has 0 aliphatic rings. The van der Waals surface area contributed by atoms with Crippen LogP contribution in [-0.4, -0.2) is 4.98 Å². The fourth-order valence-corrected chi connectivity index (χ4v) is 2.52. The second kappa shape index (κ2) is 4.09. The molecule has 0 fully saturated rings. The summed E-state index contributed by atoms with van der Waals surface area (Å²) in [5, 5.41) is 3.50. The molecular weight excluding hydrogens is 190 g/mol. The van der Waals surface area contributed by atoms with E-state index in [4.69, 9.17) is 0 Å². The van der Waals surface area contributed by atoms with Crippen molar-refractivity contribution in [3.63, 3.8) is 0 Å². The van der Waals surface area contributed by atoms with E-state index in [1.807, 2.05) is 0 Å². The number of aromatic nitrogens is 1. The van der Waals surface area contributed by atoms with E-state index in [9.17, 15) is 0 Å². The molecule has 0 aliphatic heterocycles. The number of pyridine rings is 1. The van der Waals surface area contributed by atoms with Crippen molar-refractivity contribution < 1.29 is 0 Å². The van der Waals surface area contributed by atoms with E-state index in [1.165, 1.54) is 34.3 Å². The van der Waals surface area contributed by atoms with E-state index in [1.54, 1.807) is 11.3 Å². The molecule has 0 aliphatic carbocycles. The van der Waals surface area contributed by atoms with Crippen molar-refractivity contribution in [2.75, 3.05) is 0 Å². The topological polar surface area (TPSA) is 12.9 Å². The van der Waals surface area contributed by atoms with Crippen LogP contribution in [-0.2, 0) is 6.42 Å². The lowest BCUT2D eigenvalue weighted by atomic mass is 10.1. The third kappa shape index (κ3) is 1.80. The van der Waals surface area contributed by atoms with Gasteiger partial charge in [0, 0.05) is 5.69 Å². The van der Waals surface area contributed by atoms with Crippen molar-refractivity contribution in [1.29, 1.82) is 0 Å². The quantitative estimate of drug-likeness (QED) is 0.739. The average Bonchev–Trinajstić information content (AvgIpc) is 2.63. The van der Waals surface area contributed by atoms with Crippen molar-refractivity contribution in [1.82, 2.24) is 4.98 Å². The number of fused-ring (bicyclic) bond motifs is 1. The molecule has 0 radical (unpaired) electrons. The number of aryl methyl sites for hydroxylation is 2. The molecule has 0 bridgehead atoms. The minimum Gasteiger partial charge on any atom is -0.257 e. The fourth-order valence-electron chi connectivity index (χ4n) is 1.69. The maximum Gasteiger partial charge on any atom is 0.0555 e. The van der Waals surface area contributed by atoms with Crippen LogP contribution in [0.3, 0.4) is 0 Å². The molecule has 0 saturated carbocycles. The van der Waals surface area contributed by atoms with Gasteiger partial charge in [0.1, 0.15) is 0 Å². The van der Waals surface area contributed by atoms with E-state index in [-0.39, 0.29) is 0 Å². The van der Waals surface area contributed by atoms with Crippen LogP contribution in [0.15, 0.2) is 17.5 Å². The second-order valence-corrected chi connectivity index (χ2v) is 4.56.